The van der Waals surface area contributed by atoms with Crippen LogP contribution in [0.25, 0.3) is 28.0 Å². The van der Waals surface area contributed by atoms with E-state index in [0.717, 1.165) is 29.9 Å². The van der Waals surface area contributed by atoms with Crippen molar-refractivity contribution in [1.29, 1.82) is 0 Å². The average molecular weight is 702 g/mol. The predicted molar refractivity (Wildman–Crippen MR) is 185 cm³/mol. The number of hydrogen-bond acceptors (Lipinski definition) is 6. The Kier molecular flexibility index (Phi) is 11.6. The van der Waals surface area contributed by atoms with Gasteiger partial charge in [0.2, 0.25) is 0 Å². The van der Waals surface area contributed by atoms with Gasteiger partial charge in [0.05, 0.1) is 29.9 Å². The van der Waals surface area contributed by atoms with E-state index in [1.54, 1.807) is 6.92 Å². The molecular weight excluding hydrogens is 657 g/mol. The molecule has 1 aliphatic carbocycles. The largest absolute Gasteiger partial charge is 0.496 e. The van der Waals surface area contributed by atoms with Gasteiger partial charge in [-0.15, -0.1) is 0 Å². The van der Waals surface area contributed by atoms with Gasteiger partial charge < -0.3 is 26.5 Å². The molecule has 50 heavy (non-hydrogen) atoms. The lowest BCUT2D eigenvalue weighted by atomic mass is 9.97. The van der Waals surface area contributed by atoms with Crippen molar-refractivity contribution in [2.75, 3.05) is 20.2 Å². The maximum Gasteiger partial charge on any atom is 0.419 e. The van der Waals surface area contributed by atoms with E-state index in [0.29, 0.717) is 73.5 Å². The van der Waals surface area contributed by atoms with E-state index in [1.165, 1.54) is 37.6 Å². The number of methoxy groups -OCH3 is 1. The lowest BCUT2D eigenvalue weighted by Crippen LogP contribution is -2.25. The Morgan fingerprint density at radius 1 is 1.16 bits per heavy atom. The maximum absolute atomic E-state index is 15.9. The smallest absolute Gasteiger partial charge is 0.419 e. The Morgan fingerprint density at radius 3 is 2.58 bits per heavy atom. The summed E-state index contributed by atoms with van der Waals surface area (Å²) < 4.78 is 79.8. The number of hydrogen-bond donors (Lipinski definition) is 4. The van der Waals surface area contributed by atoms with Crippen LogP contribution in [-0.4, -0.2) is 46.6 Å². The van der Waals surface area contributed by atoms with Gasteiger partial charge >= 0.3 is 11.9 Å². The third-order valence-corrected chi connectivity index (χ3v) is 9.05. The average Bonchev–Trinajstić information content (AvgIpc) is 3.83. The number of benzene rings is 2. The zero-order valence-corrected chi connectivity index (χ0v) is 28.5. The molecule has 2 aromatic carbocycles. The number of amidine groups is 1. The normalized spacial score (nSPS) is 15.1. The number of alkyl halides is 3. The van der Waals surface area contributed by atoms with Crippen LogP contribution in [0.4, 0.5) is 22.0 Å². The van der Waals surface area contributed by atoms with Crippen molar-refractivity contribution in [3.63, 3.8) is 0 Å². The van der Waals surface area contributed by atoms with E-state index in [-0.39, 0.29) is 40.4 Å². The third-order valence-electron chi connectivity index (χ3n) is 9.05. The zero-order valence-electron chi connectivity index (χ0n) is 28.5. The second kappa shape index (κ2) is 15.7. The highest BCUT2D eigenvalue weighted by Gasteiger charge is 2.36. The SMILES string of the molecule is CCCC(NCCCN=C(C)N)c1c(F)cc(-n2cc3cc(-c4cc(CCCC(N)C5CC5)cc(C(F)(F)F)c4F)[nH]c3nc2=O)cc1OC. The zero-order chi connectivity index (χ0) is 36.2. The minimum atomic E-state index is -4.92. The molecule has 0 spiro atoms. The number of aryl methyl sites for hydroxylation is 1. The van der Waals surface area contributed by atoms with E-state index < -0.39 is 29.1 Å². The van der Waals surface area contributed by atoms with E-state index in [2.05, 4.69) is 20.3 Å². The first-order chi connectivity index (χ1) is 23.8. The highest BCUT2D eigenvalue weighted by atomic mass is 19.4. The van der Waals surface area contributed by atoms with Gasteiger partial charge in [-0.2, -0.15) is 18.2 Å². The molecule has 1 aliphatic rings. The number of nitrogens with one attached hydrogen (secondary N) is 2. The molecule has 1 fully saturated rings. The lowest BCUT2D eigenvalue weighted by molar-refractivity contribution is -0.140. The van der Waals surface area contributed by atoms with Crippen molar-refractivity contribution in [1.82, 2.24) is 19.9 Å². The first-order valence-corrected chi connectivity index (χ1v) is 17.0. The van der Waals surface area contributed by atoms with Gasteiger partial charge in [0.1, 0.15) is 23.0 Å². The van der Waals surface area contributed by atoms with Crippen molar-refractivity contribution in [2.45, 2.75) is 83.5 Å². The quantitative estimate of drug-likeness (QED) is 0.0433. The van der Waals surface area contributed by atoms with Crippen LogP contribution in [0.2, 0.25) is 0 Å². The Balaban J connectivity index is 1.46. The summed E-state index contributed by atoms with van der Waals surface area (Å²) in [5, 5.41) is 3.67. The molecule has 2 atom stereocenters. The van der Waals surface area contributed by atoms with Crippen LogP contribution in [0.3, 0.4) is 0 Å². The molecule has 14 heteroatoms. The summed E-state index contributed by atoms with van der Waals surface area (Å²) in [6.45, 7) is 4.79. The Bertz CT molecular complexity index is 1890. The van der Waals surface area contributed by atoms with Crippen LogP contribution in [0.15, 0.2) is 46.3 Å². The first kappa shape index (κ1) is 37.0. The molecule has 4 aromatic rings. The molecule has 0 amide bonds. The van der Waals surface area contributed by atoms with Crippen molar-refractivity contribution in [3.8, 4) is 22.7 Å². The molecular formula is C36H44F5N7O2. The molecule has 9 nitrogen and oxygen atoms in total. The van der Waals surface area contributed by atoms with Crippen LogP contribution >= 0.6 is 0 Å². The van der Waals surface area contributed by atoms with Crippen LogP contribution in [0.1, 0.15) is 81.5 Å². The number of aliphatic imine (C=N–C) groups is 1. The number of halogens is 5. The summed E-state index contributed by atoms with van der Waals surface area (Å²) in [7, 11) is 1.41. The minimum Gasteiger partial charge on any atom is -0.496 e. The van der Waals surface area contributed by atoms with E-state index >= 15 is 8.78 Å². The molecule has 0 aliphatic heterocycles. The third kappa shape index (κ3) is 8.70. The molecule has 2 heterocycles. The number of rotatable bonds is 16. The Morgan fingerprint density at radius 2 is 1.92 bits per heavy atom. The number of nitrogens with two attached hydrogens (primary N) is 2. The van der Waals surface area contributed by atoms with Gasteiger partial charge in [0.15, 0.2) is 0 Å². The van der Waals surface area contributed by atoms with Crippen LogP contribution in [-0.2, 0) is 12.6 Å². The first-order valence-electron chi connectivity index (χ1n) is 17.0. The van der Waals surface area contributed by atoms with Crippen molar-refractivity contribution in [3.05, 3.63) is 75.3 Å². The molecule has 2 aromatic heterocycles. The van der Waals surface area contributed by atoms with Gasteiger partial charge in [-0.05, 0) is 94.2 Å². The number of ether oxygens (including phenoxy) is 1. The summed E-state index contributed by atoms with van der Waals surface area (Å²) in [6.07, 6.45) is 2.18. The fourth-order valence-corrected chi connectivity index (χ4v) is 6.33. The fraction of sp³-hybridized carbons (Fsp3) is 0.472. The summed E-state index contributed by atoms with van der Waals surface area (Å²) in [5.41, 5.74) is 10.1. The number of H-pyrrole nitrogens is 1. The molecule has 5 rings (SSSR count). The topological polar surface area (TPSA) is 136 Å². The second-order valence-corrected chi connectivity index (χ2v) is 13.0. The maximum atomic E-state index is 15.9. The highest BCUT2D eigenvalue weighted by Crippen LogP contribution is 2.39. The molecule has 270 valence electrons. The Hall–Kier alpha value is -4.30. The van der Waals surface area contributed by atoms with Crippen LogP contribution < -0.4 is 27.2 Å². The predicted octanol–water partition coefficient (Wildman–Crippen LogP) is 6.94. The van der Waals surface area contributed by atoms with Crippen molar-refractivity contribution in [2.24, 2.45) is 22.4 Å². The number of aromatic nitrogens is 3. The van der Waals surface area contributed by atoms with Gasteiger partial charge in [-0.1, -0.05) is 13.3 Å². The lowest BCUT2D eigenvalue weighted by Gasteiger charge is -2.22. The number of fused-ring (bicyclic) bond motifs is 1. The molecule has 0 bridgehead atoms. The highest BCUT2D eigenvalue weighted by molar-refractivity contribution is 5.83. The fourth-order valence-electron chi connectivity index (χ4n) is 6.33. The summed E-state index contributed by atoms with van der Waals surface area (Å²) >= 11 is 0. The van der Waals surface area contributed by atoms with Crippen molar-refractivity contribution < 1.29 is 26.7 Å². The van der Waals surface area contributed by atoms with Crippen LogP contribution in [0.5, 0.6) is 5.75 Å². The Labute approximate surface area is 287 Å². The van der Waals surface area contributed by atoms with E-state index in [4.69, 9.17) is 16.2 Å². The van der Waals surface area contributed by atoms with E-state index in [9.17, 15) is 18.0 Å². The number of nitrogens with zero attached hydrogens (tertiary/aromatic N) is 3. The molecule has 0 radical (unpaired) electrons. The standard InChI is InChI=1S/C36H44F5N7O2/c1-4-7-29(45-13-6-12-44-20(2)42)32-27(37)17-24(18-31(32)50-3)48-19-23-16-30(46-34(23)47-35(48)49)25-14-21(8-5-9-28(43)22-10-11-22)15-26(33(25)38)36(39,40)41/h14-19,22,28-29,45H,4-13,43H2,1-3H3,(H2,42,44)(H,46,47,49). The van der Waals surface area contributed by atoms with Crippen LogP contribution in [0, 0.1) is 17.6 Å². The minimum absolute atomic E-state index is 0.000447. The van der Waals surface area contributed by atoms with Gasteiger partial charge in [-0.3, -0.25) is 9.56 Å². The molecule has 6 N–H and O–H groups in total. The van der Waals surface area contributed by atoms with Crippen molar-refractivity contribution >= 4 is 16.9 Å². The van der Waals surface area contributed by atoms with Gasteiger partial charge in [0, 0.05) is 47.4 Å². The second-order valence-electron chi connectivity index (χ2n) is 13.0. The van der Waals surface area contributed by atoms with Gasteiger partial charge in [-0.25, -0.2) is 13.6 Å². The number of aromatic amines is 1. The monoisotopic (exact) mass is 701 g/mol. The molecule has 2 unspecified atom stereocenters. The summed E-state index contributed by atoms with van der Waals surface area (Å²) in [5.74, 6) is -0.855. The van der Waals surface area contributed by atoms with E-state index in [1.807, 2.05) is 6.92 Å². The summed E-state index contributed by atoms with van der Waals surface area (Å²) in [6, 6.07) is 6.01. The van der Waals surface area contributed by atoms with Gasteiger partial charge in [0.25, 0.3) is 0 Å². The molecule has 1 saturated carbocycles. The molecule has 0 saturated heterocycles. The summed E-state index contributed by atoms with van der Waals surface area (Å²) in [4.78, 5) is 24.2.